The molecule has 7 nitrogen and oxygen atoms in total. The molecular weight excluding hydrogens is 318 g/mol. The van der Waals surface area contributed by atoms with Crippen molar-refractivity contribution in [2.45, 2.75) is 44.6 Å². The lowest BCUT2D eigenvalue weighted by Gasteiger charge is -2.32. The van der Waals surface area contributed by atoms with Gasteiger partial charge in [-0.3, -0.25) is 4.79 Å². The number of tetrazole rings is 1. The van der Waals surface area contributed by atoms with Crippen molar-refractivity contribution in [3.05, 3.63) is 6.33 Å². The summed E-state index contributed by atoms with van der Waals surface area (Å²) < 4.78 is 27.9. The van der Waals surface area contributed by atoms with Gasteiger partial charge < -0.3 is 9.80 Å². The van der Waals surface area contributed by atoms with Gasteiger partial charge in [-0.25, -0.2) is 13.5 Å². The Morgan fingerprint density at radius 2 is 1.96 bits per heavy atom. The highest BCUT2D eigenvalue weighted by molar-refractivity contribution is 5.75. The number of carbonyl (C=O) groups is 1. The average molecular weight is 342 g/mol. The molecule has 0 aromatic carbocycles. The average Bonchev–Trinajstić information content (AvgIpc) is 2.93. The lowest BCUT2D eigenvalue weighted by Crippen LogP contribution is -2.39. The Balaban J connectivity index is 1.44. The first-order valence-corrected chi connectivity index (χ1v) is 8.60. The normalized spacial score (nSPS) is 23.2. The van der Waals surface area contributed by atoms with Crippen LogP contribution in [0, 0.1) is 5.92 Å². The largest absolute Gasteiger partial charge is 0.340 e. The quantitative estimate of drug-likeness (QED) is 0.818. The zero-order valence-electron chi connectivity index (χ0n) is 13.8. The molecule has 1 aromatic rings. The summed E-state index contributed by atoms with van der Waals surface area (Å²) in [6, 6.07) is 0. The molecule has 3 rings (SSSR count). The summed E-state index contributed by atoms with van der Waals surface area (Å²) in [5.74, 6) is -2.09. The third-order valence-electron chi connectivity index (χ3n) is 4.98. The van der Waals surface area contributed by atoms with Crippen molar-refractivity contribution in [3.8, 4) is 0 Å². The van der Waals surface area contributed by atoms with Crippen LogP contribution in [0.1, 0.15) is 32.1 Å². The van der Waals surface area contributed by atoms with Crippen molar-refractivity contribution in [1.82, 2.24) is 30.0 Å². The number of alkyl halides is 2. The third-order valence-corrected chi connectivity index (χ3v) is 4.98. The number of carbonyl (C=O) groups excluding carboxylic acids is 1. The maximum atomic E-state index is 13.2. The Bertz CT molecular complexity index is 528. The van der Waals surface area contributed by atoms with Crippen molar-refractivity contribution in [1.29, 1.82) is 0 Å². The first-order valence-electron chi connectivity index (χ1n) is 8.60. The van der Waals surface area contributed by atoms with E-state index < -0.39 is 5.92 Å². The maximum Gasteiger partial charge on any atom is 0.248 e. The molecule has 1 amide bonds. The van der Waals surface area contributed by atoms with E-state index in [0.29, 0.717) is 25.3 Å². The fourth-order valence-corrected chi connectivity index (χ4v) is 3.54. The minimum absolute atomic E-state index is 0.0152. The van der Waals surface area contributed by atoms with Gasteiger partial charge >= 0.3 is 0 Å². The number of nitrogens with zero attached hydrogens (tertiary/aromatic N) is 6. The summed E-state index contributed by atoms with van der Waals surface area (Å²) in [6.45, 7) is 4.13. The van der Waals surface area contributed by atoms with E-state index in [2.05, 4.69) is 20.4 Å². The van der Waals surface area contributed by atoms with Crippen LogP contribution in [0.3, 0.4) is 0 Å². The van der Waals surface area contributed by atoms with E-state index in [1.165, 1.54) is 11.0 Å². The Morgan fingerprint density at radius 1 is 1.17 bits per heavy atom. The van der Waals surface area contributed by atoms with Gasteiger partial charge in [-0.2, -0.15) is 0 Å². The third kappa shape index (κ3) is 4.68. The monoisotopic (exact) mass is 342 g/mol. The van der Waals surface area contributed by atoms with Crippen LogP contribution >= 0.6 is 0 Å². The molecule has 0 unspecified atom stereocenters. The molecule has 0 bridgehead atoms. The van der Waals surface area contributed by atoms with E-state index in [-0.39, 0.29) is 25.3 Å². The van der Waals surface area contributed by atoms with Crippen LogP contribution in [0.2, 0.25) is 0 Å². The Morgan fingerprint density at radius 3 is 2.67 bits per heavy atom. The Labute approximate surface area is 140 Å². The zero-order chi connectivity index (χ0) is 17.0. The summed E-state index contributed by atoms with van der Waals surface area (Å²) in [5, 5.41) is 10.8. The van der Waals surface area contributed by atoms with Gasteiger partial charge in [0.05, 0.1) is 0 Å². The summed E-state index contributed by atoms with van der Waals surface area (Å²) in [7, 11) is 0. The van der Waals surface area contributed by atoms with Gasteiger partial charge in [-0.1, -0.05) is 0 Å². The van der Waals surface area contributed by atoms with Crippen LogP contribution in [0.25, 0.3) is 0 Å². The van der Waals surface area contributed by atoms with Crippen LogP contribution in [0.4, 0.5) is 8.78 Å². The molecule has 0 atom stereocenters. The number of aromatic nitrogens is 4. The molecule has 2 aliphatic rings. The van der Waals surface area contributed by atoms with Crippen molar-refractivity contribution in [2.75, 3.05) is 32.7 Å². The fraction of sp³-hybridized carbons (Fsp3) is 0.867. The molecule has 1 aliphatic heterocycles. The highest BCUT2D eigenvalue weighted by Gasteiger charge is 2.35. The molecule has 2 heterocycles. The van der Waals surface area contributed by atoms with E-state index in [1.807, 2.05) is 4.90 Å². The molecule has 9 heteroatoms. The molecule has 1 saturated heterocycles. The molecule has 24 heavy (non-hydrogen) atoms. The van der Waals surface area contributed by atoms with Gasteiger partial charge in [0.15, 0.2) is 0 Å². The number of halogens is 2. The van der Waals surface area contributed by atoms with E-state index in [1.54, 1.807) is 0 Å². The van der Waals surface area contributed by atoms with Crippen LogP contribution in [0.5, 0.6) is 0 Å². The standard InChI is InChI=1S/C15H24F2N6O/c16-15(17)4-2-13(3-5-15)10-21-6-1-7-22(9-8-21)14(24)11-23-12-18-19-20-23/h12-13H,1-11H2. The second-order valence-electron chi connectivity index (χ2n) is 6.84. The van der Waals surface area contributed by atoms with Gasteiger partial charge in [0, 0.05) is 39.0 Å². The number of hydrogen-bond acceptors (Lipinski definition) is 5. The van der Waals surface area contributed by atoms with Crippen LogP contribution < -0.4 is 0 Å². The van der Waals surface area contributed by atoms with Crippen molar-refractivity contribution in [3.63, 3.8) is 0 Å². The number of amides is 1. The van der Waals surface area contributed by atoms with E-state index in [0.717, 1.165) is 32.6 Å². The van der Waals surface area contributed by atoms with Gasteiger partial charge in [0.2, 0.25) is 11.8 Å². The van der Waals surface area contributed by atoms with E-state index in [4.69, 9.17) is 0 Å². The lowest BCUT2D eigenvalue weighted by atomic mass is 9.86. The van der Waals surface area contributed by atoms with Gasteiger partial charge in [0.1, 0.15) is 12.9 Å². The lowest BCUT2D eigenvalue weighted by molar-refractivity contribution is -0.132. The maximum absolute atomic E-state index is 13.2. The second-order valence-corrected chi connectivity index (χ2v) is 6.84. The van der Waals surface area contributed by atoms with E-state index >= 15 is 0 Å². The van der Waals surface area contributed by atoms with Gasteiger partial charge in [-0.15, -0.1) is 5.10 Å². The summed E-state index contributed by atoms with van der Waals surface area (Å²) in [6.07, 6.45) is 3.58. The predicted molar refractivity (Wildman–Crippen MR) is 82.4 cm³/mol. The Hall–Kier alpha value is -1.64. The fourth-order valence-electron chi connectivity index (χ4n) is 3.54. The van der Waals surface area contributed by atoms with Crippen LogP contribution in [-0.4, -0.2) is 74.6 Å². The molecule has 134 valence electrons. The SMILES string of the molecule is O=C(Cn1cnnn1)N1CCCN(CC2CCC(F)(F)CC2)CC1. The first kappa shape index (κ1) is 17.2. The molecule has 0 spiro atoms. The molecule has 1 aliphatic carbocycles. The number of rotatable bonds is 4. The number of hydrogen-bond donors (Lipinski definition) is 0. The van der Waals surface area contributed by atoms with Crippen LogP contribution in [-0.2, 0) is 11.3 Å². The predicted octanol–water partition coefficient (Wildman–Crippen LogP) is 1.03. The van der Waals surface area contributed by atoms with Crippen molar-refractivity contribution in [2.24, 2.45) is 5.92 Å². The summed E-state index contributed by atoms with van der Waals surface area (Å²) >= 11 is 0. The minimum Gasteiger partial charge on any atom is -0.340 e. The van der Waals surface area contributed by atoms with E-state index in [9.17, 15) is 13.6 Å². The Kier molecular flexibility index (Phi) is 5.37. The zero-order valence-corrected chi connectivity index (χ0v) is 13.8. The van der Waals surface area contributed by atoms with Crippen molar-refractivity contribution < 1.29 is 13.6 Å². The molecular formula is C15H24F2N6O. The van der Waals surface area contributed by atoms with Crippen LogP contribution in [0.15, 0.2) is 6.33 Å². The smallest absolute Gasteiger partial charge is 0.248 e. The molecule has 1 aromatic heterocycles. The van der Waals surface area contributed by atoms with Gasteiger partial charge in [-0.05, 0) is 42.2 Å². The molecule has 2 fully saturated rings. The first-order chi connectivity index (χ1) is 11.5. The summed E-state index contributed by atoms with van der Waals surface area (Å²) in [5.41, 5.74) is 0. The van der Waals surface area contributed by atoms with Gasteiger partial charge in [0.25, 0.3) is 0 Å². The molecule has 1 saturated carbocycles. The molecule has 0 N–H and O–H groups in total. The highest BCUT2D eigenvalue weighted by Crippen LogP contribution is 2.36. The minimum atomic E-state index is -2.46. The highest BCUT2D eigenvalue weighted by atomic mass is 19.3. The summed E-state index contributed by atoms with van der Waals surface area (Å²) in [4.78, 5) is 16.5. The van der Waals surface area contributed by atoms with Crippen molar-refractivity contribution >= 4 is 5.91 Å². The topological polar surface area (TPSA) is 67.2 Å². The molecule has 0 radical (unpaired) electrons. The second kappa shape index (κ2) is 7.50.